The summed E-state index contributed by atoms with van der Waals surface area (Å²) in [6, 6.07) is 1.83. The second-order valence-electron chi connectivity index (χ2n) is 3.96. The zero-order valence-corrected chi connectivity index (χ0v) is 8.88. The molecule has 16 heavy (non-hydrogen) atoms. The van der Waals surface area contributed by atoms with Crippen LogP contribution in [0.3, 0.4) is 0 Å². The number of hydrogen-bond acceptors (Lipinski definition) is 3. The smallest absolute Gasteiger partial charge is 0.308 e. The Labute approximate surface area is 92.7 Å². The van der Waals surface area contributed by atoms with Crippen molar-refractivity contribution in [2.45, 2.75) is 13.3 Å². The zero-order chi connectivity index (χ0) is 11.7. The Morgan fingerprint density at radius 3 is 2.88 bits per heavy atom. The highest BCUT2D eigenvalue weighted by atomic mass is 16.4. The fourth-order valence-corrected chi connectivity index (χ4v) is 1.81. The maximum absolute atomic E-state index is 11.6. The largest absolute Gasteiger partial charge is 0.481 e. The van der Waals surface area contributed by atoms with Crippen LogP contribution in [0.25, 0.3) is 0 Å². The number of carbonyl (C=O) groups is 2. The molecule has 1 unspecified atom stereocenters. The normalized spacial score (nSPS) is 20.2. The van der Waals surface area contributed by atoms with Gasteiger partial charge in [-0.2, -0.15) is 0 Å². The van der Waals surface area contributed by atoms with Crippen LogP contribution in [0.1, 0.15) is 12.0 Å². The van der Waals surface area contributed by atoms with Crippen molar-refractivity contribution in [3.05, 3.63) is 24.0 Å². The molecule has 2 rings (SSSR count). The standard InChI is InChI=1S/C11H12N2O3/c1-7-2-9(5-12-4-7)13-6-8(11(15)16)3-10(13)14/h2,4-5,8H,3,6H2,1H3,(H,15,16). The summed E-state index contributed by atoms with van der Waals surface area (Å²) >= 11 is 0. The summed E-state index contributed by atoms with van der Waals surface area (Å²) in [6.07, 6.45) is 3.34. The highest BCUT2D eigenvalue weighted by Crippen LogP contribution is 2.24. The Balaban J connectivity index is 2.23. The molecule has 1 fully saturated rings. The summed E-state index contributed by atoms with van der Waals surface area (Å²) in [5, 5.41) is 8.86. The molecular weight excluding hydrogens is 208 g/mol. The number of aryl methyl sites for hydroxylation is 1. The molecule has 1 aromatic heterocycles. The lowest BCUT2D eigenvalue weighted by Gasteiger charge is -2.15. The number of aliphatic carboxylic acids is 1. The number of hydrogen-bond donors (Lipinski definition) is 1. The Morgan fingerprint density at radius 1 is 1.56 bits per heavy atom. The number of carboxylic acids is 1. The number of amides is 1. The number of nitrogens with zero attached hydrogens (tertiary/aromatic N) is 2. The average molecular weight is 220 g/mol. The van der Waals surface area contributed by atoms with Crippen molar-refractivity contribution >= 4 is 17.6 Å². The first-order valence-electron chi connectivity index (χ1n) is 5.03. The van der Waals surface area contributed by atoms with Crippen molar-refractivity contribution in [3.8, 4) is 0 Å². The fourth-order valence-electron chi connectivity index (χ4n) is 1.81. The predicted octanol–water partition coefficient (Wildman–Crippen LogP) is 0.828. The van der Waals surface area contributed by atoms with Gasteiger partial charge in [0.25, 0.3) is 0 Å². The van der Waals surface area contributed by atoms with E-state index in [9.17, 15) is 9.59 Å². The van der Waals surface area contributed by atoms with Gasteiger partial charge in [0.2, 0.25) is 5.91 Å². The third-order valence-electron chi connectivity index (χ3n) is 2.65. The summed E-state index contributed by atoms with van der Waals surface area (Å²) in [4.78, 5) is 27.9. The number of carboxylic acid groups (broad SMARTS) is 1. The molecule has 1 saturated heterocycles. The van der Waals surface area contributed by atoms with Crippen LogP contribution in [0.15, 0.2) is 18.5 Å². The fraction of sp³-hybridized carbons (Fsp3) is 0.364. The summed E-state index contributed by atoms with van der Waals surface area (Å²) < 4.78 is 0. The van der Waals surface area contributed by atoms with E-state index in [0.717, 1.165) is 5.56 Å². The lowest BCUT2D eigenvalue weighted by Crippen LogP contribution is -2.25. The third kappa shape index (κ3) is 1.88. The van der Waals surface area contributed by atoms with Gasteiger partial charge in [-0.1, -0.05) is 0 Å². The van der Waals surface area contributed by atoms with Crippen LogP contribution in [-0.2, 0) is 9.59 Å². The highest BCUT2D eigenvalue weighted by molar-refractivity contribution is 5.99. The van der Waals surface area contributed by atoms with Crippen LogP contribution < -0.4 is 4.90 Å². The lowest BCUT2D eigenvalue weighted by atomic mass is 10.1. The molecule has 1 aliphatic heterocycles. The Kier molecular flexibility index (Phi) is 2.60. The molecule has 1 N–H and O–H groups in total. The minimum Gasteiger partial charge on any atom is -0.481 e. The zero-order valence-electron chi connectivity index (χ0n) is 8.88. The molecule has 5 heteroatoms. The monoisotopic (exact) mass is 220 g/mol. The van der Waals surface area contributed by atoms with Gasteiger partial charge >= 0.3 is 5.97 Å². The first-order chi connectivity index (χ1) is 7.58. The van der Waals surface area contributed by atoms with Gasteiger partial charge in [0.1, 0.15) is 0 Å². The van der Waals surface area contributed by atoms with Crippen LogP contribution in [0, 0.1) is 12.8 Å². The number of pyridine rings is 1. The topological polar surface area (TPSA) is 70.5 Å². The first kappa shape index (κ1) is 10.6. The molecule has 0 spiro atoms. The predicted molar refractivity (Wildman–Crippen MR) is 57.1 cm³/mol. The van der Waals surface area contributed by atoms with E-state index in [-0.39, 0.29) is 18.9 Å². The van der Waals surface area contributed by atoms with Crippen LogP contribution in [0.5, 0.6) is 0 Å². The Morgan fingerprint density at radius 2 is 2.31 bits per heavy atom. The molecule has 0 radical (unpaired) electrons. The Bertz CT molecular complexity index is 445. The van der Waals surface area contributed by atoms with Gasteiger partial charge in [-0.25, -0.2) is 0 Å². The van der Waals surface area contributed by atoms with E-state index < -0.39 is 11.9 Å². The molecule has 84 valence electrons. The van der Waals surface area contributed by atoms with Crippen LogP contribution in [-0.4, -0.2) is 28.5 Å². The van der Waals surface area contributed by atoms with Gasteiger partial charge in [0.05, 0.1) is 17.8 Å². The molecule has 1 aromatic rings. The summed E-state index contributed by atoms with van der Waals surface area (Å²) in [6.45, 7) is 2.12. The summed E-state index contributed by atoms with van der Waals surface area (Å²) in [5.41, 5.74) is 1.62. The van der Waals surface area contributed by atoms with Crippen LogP contribution in [0.4, 0.5) is 5.69 Å². The van der Waals surface area contributed by atoms with Crippen molar-refractivity contribution in [1.82, 2.24) is 4.98 Å². The van der Waals surface area contributed by atoms with Crippen LogP contribution >= 0.6 is 0 Å². The summed E-state index contributed by atoms with van der Waals surface area (Å²) in [7, 11) is 0. The molecule has 1 atom stereocenters. The van der Waals surface area contributed by atoms with E-state index in [0.29, 0.717) is 5.69 Å². The van der Waals surface area contributed by atoms with Crippen molar-refractivity contribution in [1.29, 1.82) is 0 Å². The second-order valence-corrected chi connectivity index (χ2v) is 3.96. The number of aromatic nitrogens is 1. The van der Waals surface area contributed by atoms with Crippen molar-refractivity contribution in [2.24, 2.45) is 5.92 Å². The molecule has 0 saturated carbocycles. The van der Waals surface area contributed by atoms with E-state index in [1.165, 1.54) is 4.90 Å². The van der Waals surface area contributed by atoms with Gasteiger partial charge in [0.15, 0.2) is 0 Å². The average Bonchev–Trinajstić information content (AvgIpc) is 2.60. The molecule has 0 aliphatic carbocycles. The summed E-state index contributed by atoms with van der Waals surface area (Å²) in [5.74, 6) is -1.68. The second kappa shape index (κ2) is 3.92. The molecule has 1 amide bonds. The number of carbonyl (C=O) groups excluding carboxylic acids is 1. The van der Waals surface area contributed by atoms with Gasteiger partial charge in [-0.3, -0.25) is 14.6 Å². The maximum Gasteiger partial charge on any atom is 0.308 e. The minimum absolute atomic E-state index is 0.0727. The molecule has 2 heterocycles. The van der Waals surface area contributed by atoms with Crippen molar-refractivity contribution in [3.63, 3.8) is 0 Å². The maximum atomic E-state index is 11.6. The molecule has 0 bridgehead atoms. The van der Waals surface area contributed by atoms with E-state index in [1.54, 1.807) is 12.4 Å². The first-order valence-corrected chi connectivity index (χ1v) is 5.03. The molecule has 5 nitrogen and oxygen atoms in total. The van der Waals surface area contributed by atoms with Crippen molar-refractivity contribution < 1.29 is 14.7 Å². The van der Waals surface area contributed by atoms with Gasteiger partial charge in [0, 0.05) is 19.2 Å². The number of anilines is 1. The van der Waals surface area contributed by atoms with E-state index >= 15 is 0 Å². The molecule has 1 aliphatic rings. The molecule has 0 aromatic carbocycles. The molecular formula is C11H12N2O3. The lowest BCUT2D eigenvalue weighted by molar-refractivity contribution is -0.141. The highest BCUT2D eigenvalue weighted by Gasteiger charge is 2.35. The van der Waals surface area contributed by atoms with Gasteiger partial charge < -0.3 is 10.0 Å². The third-order valence-corrected chi connectivity index (χ3v) is 2.65. The van der Waals surface area contributed by atoms with E-state index in [4.69, 9.17) is 5.11 Å². The SMILES string of the molecule is Cc1cncc(N2CC(C(=O)O)CC2=O)c1. The van der Waals surface area contributed by atoms with Gasteiger partial charge in [-0.15, -0.1) is 0 Å². The van der Waals surface area contributed by atoms with Crippen molar-refractivity contribution in [2.75, 3.05) is 11.4 Å². The number of rotatable bonds is 2. The van der Waals surface area contributed by atoms with Gasteiger partial charge in [-0.05, 0) is 18.6 Å². The quantitative estimate of drug-likeness (QED) is 0.801. The van der Waals surface area contributed by atoms with E-state index in [2.05, 4.69) is 4.98 Å². The van der Waals surface area contributed by atoms with E-state index in [1.807, 2.05) is 13.0 Å². The van der Waals surface area contributed by atoms with Crippen LogP contribution in [0.2, 0.25) is 0 Å². The Hall–Kier alpha value is -1.91. The minimum atomic E-state index is -0.920.